The summed E-state index contributed by atoms with van der Waals surface area (Å²) in [6, 6.07) is 16.1. The molecule has 0 unspecified atom stereocenters. The van der Waals surface area contributed by atoms with Gasteiger partial charge in [0.2, 0.25) is 10.0 Å². The average molecular weight is 411 g/mol. The topological polar surface area (TPSA) is 70.2 Å². The Morgan fingerprint density at radius 2 is 1.72 bits per heavy atom. The number of nitrogens with one attached hydrogen (secondary N) is 1. The Bertz CT molecular complexity index is 1160. The van der Waals surface area contributed by atoms with E-state index >= 15 is 0 Å². The van der Waals surface area contributed by atoms with E-state index in [4.69, 9.17) is 0 Å². The molecule has 1 aromatic heterocycles. The quantitative estimate of drug-likeness (QED) is 0.679. The zero-order valence-corrected chi connectivity index (χ0v) is 17.4. The summed E-state index contributed by atoms with van der Waals surface area (Å²) in [7, 11) is -3.70. The van der Waals surface area contributed by atoms with Crippen molar-refractivity contribution >= 4 is 20.9 Å². The lowest BCUT2D eigenvalue weighted by molar-refractivity contribution is 0.247. The Morgan fingerprint density at radius 1 is 1.00 bits per heavy atom. The summed E-state index contributed by atoms with van der Waals surface area (Å²) in [6.45, 7) is 2.08. The molecule has 0 amide bonds. The van der Waals surface area contributed by atoms with E-state index in [1.807, 2.05) is 31.2 Å². The molecule has 0 spiro atoms. The Labute approximate surface area is 171 Å². The van der Waals surface area contributed by atoms with Gasteiger partial charge in [-0.3, -0.25) is 4.79 Å². The van der Waals surface area contributed by atoms with Gasteiger partial charge < -0.3 is 4.98 Å². The fraction of sp³-hybridized carbons (Fsp3) is 0.348. The van der Waals surface area contributed by atoms with Crippen LogP contribution in [0, 0.1) is 6.92 Å². The van der Waals surface area contributed by atoms with Crippen LogP contribution in [0.25, 0.3) is 10.9 Å². The van der Waals surface area contributed by atoms with Crippen LogP contribution in [0.15, 0.2) is 64.3 Å². The number of aromatic amines is 1. The van der Waals surface area contributed by atoms with Gasteiger partial charge in [0.25, 0.3) is 5.56 Å². The molecule has 0 atom stereocenters. The predicted molar refractivity (Wildman–Crippen MR) is 115 cm³/mol. The minimum atomic E-state index is -3.70. The van der Waals surface area contributed by atoms with Crippen molar-refractivity contribution in [3.05, 3.63) is 76.1 Å². The van der Waals surface area contributed by atoms with Crippen molar-refractivity contribution < 1.29 is 8.42 Å². The van der Waals surface area contributed by atoms with Gasteiger partial charge in [-0.05, 0) is 55.5 Å². The highest BCUT2D eigenvalue weighted by atomic mass is 32.2. The Morgan fingerprint density at radius 3 is 2.45 bits per heavy atom. The number of pyridine rings is 1. The van der Waals surface area contributed by atoms with E-state index in [2.05, 4.69) is 4.98 Å². The number of benzene rings is 2. The number of aryl methyl sites for hydroxylation is 1. The van der Waals surface area contributed by atoms with Crippen LogP contribution in [0.3, 0.4) is 0 Å². The second-order valence-corrected chi connectivity index (χ2v) is 9.76. The van der Waals surface area contributed by atoms with Gasteiger partial charge in [-0.1, -0.05) is 49.1 Å². The van der Waals surface area contributed by atoms with E-state index in [0.717, 1.165) is 48.6 Å². The third kappa shape index (κ3) is 4.14. The molecule has 1 heterocycles. The molecule has 5 nitrogen and oxygen atoms in total. The zero-order valence-electron chi connectivity index (χ0n) is 16.6. The normalized spacial score (nSPS) is 15.8. The first-order valence-electron chi connectivity index (χ1n) is 10.1. The summed E-state index contributed by atoms with van der Waals surface area (Å²) >= 11 is 0. The van der Waals surface area contributed by atoms with Gasteiger partial charge in [0.05, 0.1) is 4.90 Å². The third-order valence-corrected chi connectivity index (χ3v) is 7.65. The van der Waals surface area contributed by atoms with Gasteiger partial charge in [0.15, 0.2) is 0 Å². The minimum absolute atomic E-state index is 0.0819. The Balaban J connectivity index is 1.77. The highest BCUT2D eigenvalue weighted by Gasteiger charge is 2.33. The maximum Gasteiger partial charge on any atom is 0.252 e. The molecular weight excluding hydrogens is 384 g/mol. The van der Waals surface area contributed by atoms with Crippen LogP contribution in [0.4, 0.5) is 0 Å². The van der Waals surface area contributed by atoms with Crippen molar-refractivity contribution in [3.63, 3.8) is 0 Å². The molecule has 3 aromatic rings. The van der Waals surface area contributed by atoms with E-state index in [9.17, 15) is 13.2 Å². The molecule has 0 bridgehead atoms. The third-order valence-electron chi connectivity index (χ3n) is 5.73. The lowest BCUT2D eigenvalue weighted by atomic mass is 9.95. The standard InChI is InChI=1S/C23H26N2O3S/c1-17-12-13-22-18(14-17)15-19(23(26)24-22)16-25(20-8-4-2-5-9-20)29(27,28)21-10-6-3-7-11-21/h3,6-7,10-15,20H,2,4-5,8-9,16H2,1H3,(H,24,26). The van der Waals surface area contributed by atoms with Gasteiger partial charge in [-0.2, -0.15) is 4.31 Å². The van der Waals surface area contributed by atoms with Gasteiger partial charge in [0, 0.05) is 23.7 Å². The average Bonchev–Trinajstić information content (AvgIpc) is 2.73. The van der Waals surface area contributed by atoms with E-state index in [1.165, 1.54) is 0 Å². The lowest BCUT2D eigenvalue weighted by Crippen LogP contribution is -2.42. The lowest BCUT2D eigenvalue weighted by Gasteiger charge is -2.33. The molecule has 29 heavy (non-hydrogen) atoms. The van der Waals surface area contributed by atoms with Crippen molar-refractivity contribution in [3.8, 4) is 0 Å². The molecule has 0 radical (unpaired) electrons. The summed E-state index contributed by atoms with van der Waals surface area (Å²) in [5, 5.41) is 0.917. The van der Waals surface area contributed by atoms with Crippen molar-refractivity contribution in [2.24, 2.45) is 0 Å². The fourth-order valence-electron chi connectivity index (χ4n) is 4.16. The molecule has 1 N–H and O–H groups in total. The van der Waals surface area contributed by atoms with Crippen LogP contribution in [0.5, 0.6) is 0 Å². The van der Waals surface area contributed by atoms with Gasteiger partial charge in [-0.25, -0.2) is 8.42 Å². The number of hydrogen-bond acceptors (Lipinski definition) is 3. The van der Waals surface area contributed by atoms with Crippen LogP contribution in [-0.2, 0) is 16.6 Å². The number of nitrogens with zero attached hydrogens (tertiary/aromatic N) is 1. The van der Waals surface area contributed by atoms with Crippen molar-refractivity contribution in [2.75, 3.05) is 0 Å². The highest BCUT2D eigenvalue weighted by molar-refractivity contribution is 7.89. The molecule has 152 valence electrons. The largest absolute Gasteiger partial charge is 0.322 e. The van der Waals surface area contributed by atoms with Gasteiger partial charge >= 0.3 is 0 Å². The SMILES string of the molecule is Cc1ccc2[nH]c(=O)c(CN(C3CCCCC3)S(=O)(=O)c3ccccc3)cc2c1. The summed E-state index contributed by atoms with van der Waals surface area (Å²) < 4.78 is 28.5. The minimum Gasteiger partial charge on any atom is -0.322 e. The second kappa shape index (κ2) is 8.13. The van der Waals surface area contributed by atoms with E-state index in [1.54, 1.807) is 34.6 Å². The molecule has 4 rings (SSSR count). The first-order valence-corrected chi connectivity index (χ1v) is 11.6. The second-order valence-electron chi connectivity index (χ2n) is 7.87. The van der Waals surface area contributed by atoms with Crippen molar-refractivity contribution in [2.45, 2.75) is 56.5 Å². The number of hydrogen-bond donors (Lipinski definition) is 1. The zero-order chi connectivity index (χ0) is 20.4. The Kier molecular flexibility index (Phi) is 5.56. The van der Waals surface area contributed by atoms with Crippen LogP contribution in [0.1, 0.15) is 43.2 Å². The fourth-order valence-corrected chi connectivity index (χ4v) is 5.85. The highest BCUT2D eigenvalue weighted by Crippen LogP contribution is 2.29. The summed E-state index contributed by atoms with van der Waals surface area (Å²) in [4.78, 5) is 15.9. The maximum absolute atomic E-state index is 13.5. The van der Waals surface area contributed by atoms with E-state index in [0.29, 0.717) is 5.56 Å². The number of fused-ring (bicyclic) bond motifs is 1. The van der Waals surface area contributed by atoms with Crippen LogP contribution in [-0.4, -0.2) is 23.7 Å². The van der Waals surface area contributed by atoms with E-state index in [-0.39, 0.29) is 23.0 Å². The Hall–Kier alpha value is -2.44. The molecule has 1 aliphatic rings. The molecule has 1 aliphatic carbocycles. The molecule has 1 saturated carbocycles. The first kappa shape index (κ1) is 19.9. The van der Waals surface area contributed by atoms with Crippen molar-refractivity contribution in [1.29, 1.82) is 0 Å². The monoisotopic (exact) mass is 410 g/mol. The number of aromatic nitrogens is 1. The van der Waals surface area contributed by atoms with Crippen LogP contribution in [0.2, 0.25) is 0 Å². The molecule has 0 aliphatic heterocycles. The summed E-state index contributed by atoms with van der Waals surface area (Å²) in [5.74, 6) is 0. The smallest absolute Gasteiger partial charge is 0.252 e. The van der Waals surface area contributed by atoms with Crippen LogP contribution >= 0.6 is 0 Å². The van der Waals surface area contributed by atoms with Gasteiger partial charge in [0.1, 0.15) is 0 Å². The summed E-state index contributed by atoms with van der Waals surface area (Å²) in [5.41, 5.74) is 2.11. The number of rotatable bonds is 5. The maximum atomic E-state index is 13.5. The van der Waals surface area contributed by atoms with E-state index < -0.39 is 10.0 Å². The molecular formula is C23H26N2O3S. The number of H-pyrrole nitrogens is 1. The molecule has 1 fully saturated rings. The predicted octanol–water partition coefficient (Wildman–Crippen LogP) is 4.36. The first-order chi connectivity index (χ1) is 13.9. The number of sulfonamides is 1. The van der Waals surface area contributed by atoms with Crippen LogP contribution < -0.4 is 5.56 Å². The van der Waals surface area contributed by atoms with Crippen molar-refractivity contribution in [1.82, 2.24) is 9.29 Å². The molecule has 2 aromatic carbocycles. The molecule has 0 saturated heterocycles. The summed E-state index contributed by atoms with van der Waals surface area (Å²) in [6.07, 6.45) is 4.82. The molecule has 6 heteroatoms. The van der Waals surface area contributed by atoms with Gasteiger partial charge in [-0.15, -0.1) is 0 Å².